The monoisotopic (exact) mass is 539 g/mol. The zero-order chi connectivity index (χ0) is 27.8. The van der Waals surface area contributed by atoms with Crippen LogP contribution in [0.15, 0.2) is 53.6 Å². The number of morpholine rings is 1. The fraction of sp³-hybridized carbons (Fsp3) is 0.444. The standard InChI is InChI=1S/C27H33N5O7/c1-37-19-27(34)30(12-11-29-13-15-39-16-14-29)18-26(33)31-25(21-5-9-23(38-2)10-6-21)17-24(28-31)20-3-7-22(8-4-20)32(35)36/h3-10,25H,11-19H2,1-2H3/t25-/m0/s1. The average molecular weight is 540 g/mol. The van der Waals surface area contributed by atoms with E-state index in [1.165, 1.54) is 29.2 Å². The maximum Gasteiger partial charge on any atom is 0.269 e. The van der Waals surface area contributed by atoms with E-state index < -0.39 is 11.0 Å². The van der Waals surface area contributed by atoms with Gasteiger partial charge in [0.15, 0.2) is 0 Å². The molecular formula is C27H33N5O7. The number of hydrazone groups is 1. The molecule has 12 nitrogen and oxygen atoms in total. The summed E-state index contributed by atoms with van der Waals surface area (Å²) in [6.07, 6.45) is 0.412. The van der Waals surface area contributed by atoms with Crippen molar-refractivity contribution in [1.29, 1.82) is 0 Å². The Hall–Kier alpha value is -3.87. The van der Waals surface area contributed by atoms with E-state index in [9.17, 15) is 19.7 Å². The molecule has 4 rings (SSSR count). The van der Waals surface area contributed by atoms with Crippen LogP contribution >= 0.6 is 0 Å². The van der Waals surface area contributed by atoms with Gasteiger partial charge in [-0.2, -0.15) is 5.10 Å². The van der Waals surface area contributed by atoms with Crippen molar-refractivity contribution in [2.24, 2.45) is 5.10 Å². The normalized spacial score (nSPS) is 17.5. The number of non-ortho nitro benzene ring substituents is 1. The molecule has 0 bridgehead atoms. The predicted octanol–water partition coefficient (Wildman–Crippen LogP) is 2.09. The van der Waals surface area contributed by atoms with Crippen molar-refractivity contribution in [2.45, 2.75) is 12.5 Å². The lowest BCUT2D eigenvalue weighted by Gasteiger charge is -2.31. The molecule has 208 valence electrons. The Kier molecular flexibility index (Phi) is 9.58. The van der Waals surface area contributed by atoms with Crippen molar-refractivity contribution in [3.63, 3.8) is 0 Å². The molecule has 1 fully saturated rings. The number of rotatable bonds is 11. The van der Waals surface area contributed by atoms with Gasteiger partial charge in [-0.05, 0) is 35.4 Å². The predicted molar refractivity (Wildman–Crippen MR) is 143 cm³/mol. The van der Waals surface area contributed by atoms with Gasteiger partial charge in [-0.3, -0.25) is 24.6 Å². The summed E-state index contributed by atoms with van der Waals surface area (Å²) in [5, 5.41) is 17.1. The smallest absolute Gasteiger partial charge is 0.269 e. The number of amides is 2. The van der Waals surface area contributed by atoms with E-state index >= 15 is 0 Å². The van der Waals surface area contributed by atoms with E-state index in [4.69, 9.17) is 14.2 Å². The summed E-state index contributed by atoms with van der Waals surface area (Å²) in [6, 6.07) is 13.1. The third-order valence-corrected chi connectivity index (χ3v) is 6.81. The van der Waals surface area contributed by atoms with E-state index in [-0.39, 0.29) is 30.7 Å². The number of methoxy groups -OCH3 is 2. The van der Waals surface area contributed by atoms with Gasteiger partial charge in [0.2, 0.25) is 5.91 Å². The van der Waals surface area contributed by atoms with Crippen LogP contribution in [0.25, 0.3) is 0 Å². The van der Waals surface area contributed by atoms with E-state index in [0.717, 1.165) is 18.7 Å². The fourth-order valence-electron chi connectivity index (χ4n) is 4.61. The second kappa shape index (κ2) is 13.3. The second-order valence-corrected chi connectivity index (χ2v) is 9.28. The van der Waals surface area contributed by atoms with Gasteiger partial charge in [0, 0.05) is 51.8 Å². The molecule has 2 amide bonds. The van der Waals surface area contributed by atoms with Crippen LogP contribution in [0.4, 0.5) is 5.69 Å². The molecule has 0 saturated carbocycles. The second-order valence-electron chi connectivity index (χ2n) is 9.28. The quantitative estimate of drug-likeness (QED) is 0.314. The molecule has 0 radical (unpaired) electrons. The maximum absolute atomic E-state index is 13.7. The lowest BCUT2D eigenvalue weighted by atomic mass is 9.98. The molecule has 2 heterocycles. The van der Waals surface area contributed by atoms with Gasteiger partial charge in [0.05, 0.1) is 37.0 Å². The zero-order valence-electron chi connectivity index (χ0n) is 22.2. The van der Waals surface area contributed by atoms with Crippen LogP contribution in [0, 0.1) is 10.1 Å². The highest BCUT2D eigenvalue weighted by Gasteiger charge is 2.34. The minimum Gasteiger partial charge on any atom is -0.497 e. The van der Waals surface area contributed by atoms with Crippen LogP contribution in [0.1, 0.15) is 23.6 Å². The molecule has 2 aliphatic rings. The van der Waals surface area contributed by atoms with Gasteiger partial charge in [-0.25, -0.2) is 5.01 Å². The number of hydrogen-bond acceptors (Lipinski definition) is 9. The topological polar surface area (TPSA) is 127 Å². The Morgan fingerprint density at radius 1 is 1.10 bits per heavy atom. The highest BCUT2D eigenvalue weighted by Crippen LogP contribution is 2.34. The number of nitro groups is 1. The summed E-state index contributed by atoms with van der Waals surface area (Å²) in [6.45, 7) is 3.53. The summed E-state index contributed by atoms with van der Waals surface area (Å²) < 4.78 is 15.7. The third kappa shape index (κ3) is 7.16. The molecular weight excluding hydrogens is 506 g/mol. The molecule has 0 aliphatic carbocycles. The first kappa shape index (κ1) is 28.1. The summed E-state index contributed by atoms with van der Waals surface area (Å²) in [7, 11) is 3.03. The average Bonchev–Trinajstić information content (AvgIpc) is 3.41. The Morgan fingerprint density at radius 2 is 1.79 bits per heavy atom. The van der Waals surface area contributed by atoms with Crippen molar-refractivity contribution >= 4 is 23.2 Å². The molecule has 2 aromatic rings. The number of hydrogen-bond donors (Lipinski definition) is 0. The third-order valence-electron chi connectivity index (χ3n) is 6.81. The van der Waals surface area contributed by atoms with Crippen LogP contribution in [-0.2, 0) is 19.1 Å². The number of nitrogens with zero attached hydrogens (tertiary/aromatic N) is 5. The minimum atomic E-state index is -0.460. The summed E-state index contributed by atoms with van der Waals surface area (Å²) >= 11 is 0. The number of benzene rings is 2. The van der Waals surface area contributed by atoms with Gasteiger partial charge < -0.3 is 19.1 Å². The SMILES string of the molecule is COCC(=O)N(CCN1CCOCC1)CC(=O)N1N=C(c2ccc([N+](=O)[O-])cc2)C[C@H]1c1ccc(OC)cc1. The van der Waals surface area contributed by atoms with Crippen LogP contribution in [-0.4, -0.2) is 104 Å². The van der Waals surface area contributed by atoms with E-state index in [0.29, 0.717) is 49.7 Å². The van der Waals surface area contributed by atoms with Gasteiger partial charge >= 0.3 is 0 Å². The number of carbonyl (C=O) groups excluding carboxylic acids is 2. The van der Waals surface area contributed by atoms with Crippen LogP contribution < -0.4 is 4.74 Å². The van der Waals surface area contributed by atoms with Crippen molar-refractivity contribution in [3.05, 3.63) is 69.8 Å². The molecule has 0 spiro atoms. The van der Waals surface area contributed by atoms with Gasteiger partial charge in [0.1, 0.15) is 18.9 Å². The molecule has 2 aromatic carbocycles. The number of carbonyl (C=O) groups is 2. The van der Waals surface area contributed by atoms with Gasteiger partial charge in [0.25, 0.3) is 11.6 Å². The van der Waals surface area contributed by atoms with Gasteiger partial charge in [-0.15, -0.1) is 0 Å². The first-order chi connectivity index (χ1) is 18.9. The largest absolute Gasteiger partial charge is 0.497 e. The first-order valence-electron chi connectivity index (χ1n) is 12.7. The fourth-order valence-corrected chi connectivity index (χ4v) is 4.61. The van der Waals surface area contributed by atoms with Crippen LogP contribution in [0.5, 0.6) is 5.75 Å². The Balaban J connectivity index is 1.56. The maximum atomic E-state index is 13.7. The van der Waals surface area contributed by atoms with Crippen molar-refractivity contribution in [1.82, 2.24) is 14.8 Å². The molecule has 0 aromatic heterocycles. The Morgan fingerprint density at radius 3 is 2.41 bits per heavy atom. The molecule has 0 N–H and O–H groups in total. The molecule has 12 heteroatoms. The molecule has 2 aliphatic heterocycles. The molecule has 1 saturated heterocycles. The number of ether oxygens (including phenoxy) is 3. The van der Waals surface area contributed by atoms with E-state index in [2.05, 4.69) is 10.0 Å². The van der Waals surface area contributed by atoms with Crippen molar-refractivity contribution < 1.29 is 28.7 Å². The summed E-state index contributed by atoms with van der Waals surface area (Å²) in [5.41, 5.74) is 2.15. The minimum absolute atomic E-state index is 0.0236. The van der Waals surface area contributed by atoms with Crippen molar-refractivity contribution in [3.8, 4) is 5.75 Å². The summed E-state index contributed by atoms with van der Waals surface area (Å²) in [4.78, 5) is 40.8. The summed E-state index contributed by atoms with van der Waals surface area (Å²) in [5.74, 6) is 0.0728. The Bertz CT molecular complexity index is 1180. The van der Waals surface area contributed by atoms with Crippen molar-refractivity contribution in [2.75, 3.05) is 66.8 Å². The first-order valence-corrected chi connectivity index (χ1v) is 12.7. The highest BCUT2D eigenvalue weighted by molar-refractivity contribution is 6.03. The lowest BCUT2D eigenvalue weighted by molar-refractivity contribution is -0.384. The lowest BCUT2D eigenvalue weighted by Crippen LogP contribution is -2.47. The van der Waals surface area contributed by atoms with Crippen LogP contribution in [0.2, 0.25) is 0 Å². The molecule has 1 atom stereocenters. The van der Waals surface area contributed by atoms with E-state index in [1.807, 2.05) is 24.3 Å². The molecule has 39 heavy (non-hydrogen) atoms. The van der Waals surface area contributed by atoms with Gasteiger partial charge in [-0.1, -0.05) is 12.1 Å². The zero-order valence-corrected chi connectivity index (χ0v) is 22.2. The Labute approximate surface area is 226 Å². The van der Waals surface area contributed by atoms with E-state index in [1.54, 1.807) is 19.2 Å². The number of nitro benzene ring substituents is 1. The van der Waals surface area contributed by atoms with Crippen LogP contribution in [0.3, 0.4) is 0 Å². The molecule has 0 unspecified atom stereocenters. The highest BCUT2D eigenvalue weighted by atomic mass is 16.6.